The van der Waals surface area contributed by atoms with E-state index in [4.69, 9.17) is 5.73 Å². The topological polar surface area (TPSA) is 29.3 Å². The Bertz CT molecular complexity index is 720. The fraction of sp³-hybridized carbons (Fsp3) is 0.300. The fourth-order valence-corrected chi connectivity index (χ4v) is 3.17. The number of hydrogen-bond acceptors (Lipinski definition) is 2. The van der Waals surface area contributed by atoms with E-state index in [1.165, 1.54) is 27.1 Å². The SMILES string of the molecule is CCN(CCCN)Cc1c2ccccc2cc2ccccc12.Cl.Cl. The first-order valence-corrected chi connectivity index (χ1v) is 8.15. The van der Waals surface area contributed by atoms with E-state index < -0.39 is 0 Å². The molecular formula is C20H26Cl2N2. The maximum Gasteiger partial charge on any atom is 0.0245 e. The predicted molar refractivity (Wildman–Crippen MR) is 111 cm³/mol. The Morgan fingerprint density at radius 3 is 1.92 bits per heavy atom. The second-order valence-electron chi connectivity index (χ2n) is 5.81. The van der Waals surface area contributed by atoms with Crippen LogP contribution in [-0.4, -0.2) is 24.5 Å². The monoisotopic (exact) mass is 364 g/mol. The third-order valence-electron chi connectivity index (χ3n) is 4.39. The van der Waals surface area contributed by atoms with Crippen molar-refractivity contribution < 1.29 is 0 Å². The summed E-state index contributed by atoms with van der Waals surface area (Å²) in [5.41, 5.74) is 7.12. The minimum atomic E-state index is 0. The fourth-order valence-electron chi connectivity index (χ4n) is 3.17. The summed E-state index contributed by atoms with van der Waals surface area (Å²) in [4.78, 5) is 2.49. The van der Waals surface area contributed by atoms with Crippen LogP contribution in [0, 0.1) is 0 Å². The summed E-state index contributed by atoms with van der Waals surface area (Å²) in [6.45, 7) is 6.08. The number of fused-ring (bicyclic) bond motifs is 2. The van der Waals surface area contributed by atoms with Crippen LogP contribution in [0.3, 0.4) is 0 Å². The van der Waals surface area contributed by atoms with Gasteiger partial charge in [0.15, 0.2) is 0 Å². The van der Waals surface area contributed by atoms with Crippen LogP contribution >= 0.6 is 24.8 Å². The lowest BCUT2D eigenvalue weighted by atomic mass is 9.96. The van der Waals surface area contributed by atoms with Crippen molar-refractivity contribution in [3.8, 4) is 0 Å². The first-order chi connectivity index (χ1) is 10.8. The zero-order valence-electron chi connectivity index (χ0n) is 14.1. The second kappa shape index (κ2) is 9.85. The summed E-state index contributed by atoms with van der Waals surface area (Å²) in [6.07, 6.45) is 1.05. The molecule has 0 amide bonds. The van der Waals surface area contributed by atoms with Crippen LogP contribution in [-0.2, 0) is 6.54 Å². The van der Waals surface area contributed by atoms with Crippen molar-refractivity contribution >= 4 is 46.4 Å². The maximum absolute atomic E-state index is 5.68. The molecule has 0 bridgehead atoms. The zero-order valence-corrected chi connectivity index (χ0v) is 15.7. The molecule has 0 heterocycles. The molecule has 0 fully saturated rings. The lowest BCUT2D eigenvalue weighted by Crippen LogP contribution is -2.25. The Morgan fingerprint density at radius 1 is 0.875 bits per heavy atom. The number of rotatable bonds is 6. The highest BCUT2D eigenvalue weighted by molar-refractivity contribution is 6.02. The lowest BCUT2D eigenvalue weighted by molar-refractivity contribution is 0.280. The van der Waals surface area contributed by atoms with Gasteiger partial charge in [-0.1, -0.05) is 55.5 Å². The van der Waals surface area contributed by atoms with Gasteiger partial charge in [-0.25, -0.2) is 0 Å². The molecule has 2 nitrogen and oxygen atoms in total. The molecule has 3 aromatic carbocycles. The number of halogens is 2. The van der Waals surface area contributed by atoms with Gasteiger partial charge >= 0.3 is 0 Å². The highest BCUT2D eigenvalue weighted by Gasteiger charge is 2.10. The number of hydrogen-bond donors (Lipinski definition) is 1. The lowest BCUT2D eigenvalue weighted by Gasteiger charge is -2.22. The molecule has 0 unspecified atom stereocenters. The first kappa shape index (κ1) is 20.7. The van der Waals surface area contributed by atoms with Gasteiger partial charge in [0.1, 0.15) is 0 Å². The predicted octanol–water partition coefficient (Wildman–Crippen LogP) is 5.01. The molecule has 3 rings (SSSR count). The molecule has 2 N–H and O–H groups in total. The van der Waals surface area contributed by atoms with Gasteiger partial charge in [-0.05, 0) is 59.2 Å². The van der Waals surface area contributed by atoms with Crippen LogP contribution < -0.4 is 5.73 Å². The third-order valence-corrected chi connectivity index (χ3v) is 4.39. The smallest absolute Gasteiger partial charge is 0.0245 e. The van der Waals surface area contributed by atoms with E-state index in [1.54, 1.807) is 0 Å². The summed E-state index contributed by atoms with van der Waals surface area (Å²) in [5, 5.41) is 5.39. The average Bonchev–Trinajstić information content (AvgIpc) is 2.57. The average molecular weight is 365 g/mol. The minimum Gasteiger partial charge on any atom is -0.330 e. The van der Waals surface area contributed by atoms with Gasteiger partial charge in [-0.15, -0.1) is 24.8 Å². The summed E-state index contributed by atoms with van der Waals surface area (Å²) >= 11 is 0. The molecule has 4 heteroatoms. The van der Waals surface area contributed by atoms with Gasteiger partial charge in [0.25, 0.3) is 0 Å². The molecule has 3 aromatic rings. The van der Waals surface area contributed by atoms with E-state index in [1.807, 2.05) is 0 Å². The van der Waals surface area contributed by atoms with Gasteiger partial charge in [-0.3, -0.25) is 4.90 Å². The zero-order chi connectivity index (χ0) is 15.4. The van der Waals surface area contributed by atoms with Crippen molar-refractivity contribution in [3.05, 3.63) is 60.2 Å². The Kier molecular flexibility index (Phi) is 8.51. The largest absolute Gasteiger partial charge is 0.330 e. The number of nitrogens with zero attached hydrogens (tertiary/aromatic N) is 1. The van der Waals surface area contributed by atoms with Gasteiger partial charge < -0.3 is 5.73 Å². The highest BCUT2D eigenvalue weighted by atomic mass is 35.5. The molecule has 0 saturated heterocycles. The Hall–Kier alpha value is -1.32. The van der Waals surface area contributed by atoms with E-state index in [2.05, 4.69) is 66.4 Å². The van der Waals surface area contributed by atoms with Crippen molar-refractivity contribution in [1.82, 2.24) is 4.90 Å². The molecule has 0 saturated carbocycles. The van der Waals surface area contributed by atoms with Crippen LogP contribution in [0.15, 0.2) is 54.6 Å². The second-order valence-corrected chi connectivity index (χ2v) is 5.81. The normalized spacial score (nSPS) is 10.6. The molecule has 0 atom stereocenters. The van der Waals surface area contributed by atoms with Crippen molar-refractivity contribution in [2.75, 3.05) is 19.6 Å². The summed E-state index contributed by atoms with van der Waals surface area (Å²) < 4.78 is 0. The van der Waals surface area contributed by atoms with Crippen molar-refractivity contribution in [2.24, 2.45) is 5.73 Å². The first-order valence-electron chi connectivity index (χ1n) is 8.15. The molecule has 130 valence electrons. The summed E-state index contributed by atoms with van der Waals surface area (Å²) in [7, 11) is 0. The number of benzene rings is 3. The molecule has 24 heavy (non-hydrogen) atoms. The van der Waals surface area contributed by atoms with Gasteiger partial charge in [0.05, 0.1) is 0 Å². The van der Waals surface area contributed by atoms with Crippen LogP contribution in [0.1, 0.15) is 18.9 Å². The van der Waals surface area contributed by atoms with E-state index in [0.717, 1.165) is 32.6 Å². The van der Waals surface area contributed by atoms with Crippen LogP contribution in [0.25, 0.3) is 21.5 Å². The maximum atomic E-state index is 5.68. The Morgan fingerprint density at radius 2 is 1.42 bits per heavy atom. The van der Waals surface area contributed by atoms with E-state index in [9.17, 15) is 0 Å². The molecule has 0 aromatic heterocycles. The van der Waals surface area contributed by atoms with Crippen LogP contribution in [0.4, 0.5) is 0 Å². The van der Waals surface area contributed by atoms with E-state index in [0.29, 0.717) is 0 Å². The standard InChI is InChI=1S/C20H24N2.2ClH/c1-2-22(13-7-12-21)15-20-18-10-5-3-8-16(18)14-17-9-4-6-11-19(17)20;;/h3-6,8-11,14H,2,7,12-13,15,21H2,1H3;2*1H. The quantitative estimate of drug-likeness (QED) is 0.623. The van der Waals surface area contributed by atoms with Gasteiger partial charge in [0.2, 0.25) is 0 Å². The van der Waals surface area contributed by atoms with Crippen LogP contribution in [0.2, 0.25) is 0 Å². The third kappa shape index (κ3) is 4.40. The van der Waals surface area contributed by atoms with Gasteiger partial charge in [0, 0.05) is 6.54 Å². The molecule has 0 radical (unpaired) electrons. The molecule has 0 aliphatic rings. The van der Waals surface area contributed by atoms with Crippen LogP contribution in [0.5, 0.6) is 0 Å². The van der Waals surface area contributed by atoms with Crippen molar-refractivity contribution in [3.63, 3.8) is 0 Å². The van der Waals surface area contributed by atoms with Crippen molar-refractivity contribution in [1.29, 1.82) is 0 Å². The number of nitrogens with two attached hydrogens (primary N) is 1. The minimum absolute atomic E-state index is 0. The summed E-state index contributed by atoms with van der Waals surface area (Å²) in [5.74, 6) is 0. The van der Waals surface area contributed by atoms with Gasteiger partial charge in [-0.2, -0.15) is 0 Å². The molecule has 0 aliphatic carbocycles. The summed E-state index contributed by atoms with van der Waals surface area (Å²) in [6, 6.07) is 19.7. The molecule has 0 aliphatic heterocycles. The molecular weight excluding hydrogens is 339 g/mol. The van der Waals surface area contributed by atoms with E-state index >= 15 is 0 Å². The van der Waals surface area contributed by atoms with Crippen molar-refractivity contribution in [2.45, 2.75) is 19.9 Å². The van der Waals surface area contributed by atoms with E-state index in [-0.39, 0.29) is 24.8 Å². The molecule has 0 spiro atoms. The Labute approximate surface area is 156 Å². The Balaban J connectivity index is 0.00000144. The highest BCUT2D eigenvalue weighted by Crippen LogP contribution is 2.29.